The third-order valence-corrected chi connectivity index (χ3v) is 6.18. The van der Waals surface area contributed by atoms with Crippen LogP contribution in [0.1, 0.15) is 6.42 Å². The van der Waals surface area contributed by atoms with E-state index in [2.05, 4.69) is 4.72 Å². The van der Waals surface area contributed by atoms with Gasteiger partial charge in [0.2, 0.25) is 15.9 Å². The molecule has 1 amide bonds. The van der Waals surface area contributed by atoms with Crippen LogP contribution in [0.2, 0.25) is 5.02 Å². The number of sulfonamides is 1. The molecule has 142 valence electrons. The molecule has 2 aliphatic heterocycles. The second-order valence-corrected chi connectivity index (χ2v) is 8.46. The summed E-state index contributed by atoms with van der Waals surface area (Å²) in [6, 6.07) is 10.8. The summed E-state index contributed by atoms with van der Waals surface area (Å²) in [5.74, 6) is 0.770. The fraction of sp³-hybridized carbons (Fsp3) is 0.278. The van der Waals surface area contributed by atoms with Crippen molar-refractivity contribution in [3.05, 3.63) is 47.5 Å². The number of anilines is 1. The second-order valence-electron chi connectivity index (χ2n) is 6.31. The number of nitrogens with zero attached hydrogens (tertiary/aromatic N) is 1. The predicted octanol–water partition coefficient (Wildman–Crippen LogP) is 2.19. The summed E-state index contributed by atoms with van der Waals surface area (Å²) in [5.41, 5.74) is 0.686. The summed E-state index contributed by atoms with van der Waals surface area (Å²) in [4.78, 5) is 13.9. The maximum atomic E-state index is 12.7. The summed E-state index contributed by atoms with van der Waals surface area (Å²) in [6.45, 7) is 1.06. The summed E-state index contributed by atoms with van der Waals surface area (Å²) >= 11 is 5.87. The van der Waals surface area contributed by atoms with Crippen molar-refractivity contribution in [2.45, 2.75) is 17.4 Å². The molecule has 0 bridgehead atoms. The van der Waals surface area contributed by atoms with Crippen molar-refractivity contribution in [3.63, 3.8) is 0 Å². The van der Waals surface area contributed by atoms with E-state index in [1.54, 1.807) is 35.2 Å². The van der Waals surface area contributed by atoms with Crippen molar-refractivity contribution in [1.29, 1.82) is 0 Å². The number of halogens is 1. The van der Waals surface area contributed by atoms with Crippen LogP contribution in [0.5, 0.6) is 11.5 Å². The van der Waals surface area contributed by atoms with Crippen molar-refractivity contribution >= 4 is 33.2 Å². The van der Waals surface area contributed by atoms with Crippen LogP contribution in [0.25, 0.3) is 0 Å². The first-order valence-corrected chi connectivity index (χ1v) is 10.3. The minimum Gasteiger partial charge on any atom is -0.486 e. The van der Waals surface area contributed by atoms with E-state index in [0.717, 1.165) is 0 Å². The molecule has 7 nitrogen and oxygen atoms in total. The van der Waals surface area contributed by atoms with E-state index in [4.69, 9.17) is 21.1 Å². The summed E-state index contributed by atoms with van der Waals surface area (Å²) in [7, 11) is -3.80. The van der Waals surface area contributed by atoms with Gasteiger partial charge in [-0.1, -0.05) is 11.6 Å². The number of carbonyl (C=O) groups excluding carboxylic acids is 1. The smallest absolute Gasteiger partial charge is 0.241 e. The zero-order chi connectivity index (χ0) is 19.0. The van der Waals surface area contributed by atoms with E-state index >= 15 is 0 Å². The Morgan fingerprint density at radius 3 is 2.48 bits per heavy atom. The first-order valence-electron chi connectivity index (χ1n) is 8.40. The van der Waals surface area contributed by atoms with Gasteiger partial charge in [-0.05, 0) is 36.4 Å². The molecule has 0 aliphatic carbocycles. The summed E-state index contributed by atoms with van der Waals surface area (Å²) < 4.78 is 38.9. The molecular formula is C18H17ClN2O5S. The van der Waals surface area contributed by atoms with Crippen molar-refractivity contribution in [2.24, 2.45) is 0 Å². The molecule has 0 aromatic heterocycles. The van der Waals surface area contributed by atoms with E-state index in [1.165, 1.54) is 12.1 Å². The average molecular weight is 409 g/mol. The largest absolute Gasteiger partial charge is 0.486 e. The highest BCUT2D eigenvalue weighted by atomic mass is 35.5. The van der Waals surface area contributed by atoms with Crippen LogP contribution < -0.4 is 19.1 Å². The van der Waals surface area contributed by atoms with E-state index in [1.807, 2.05) is 0 Å². The van der Waals surface area contributed by atoms with Gasteiger partial charge in [0, 0.05) is 35.8 Å². The molecule has 1 fully saturated rings. The van der Waals surface area contributed by atoms with E-state index in [0.29, 0.717) is 35.4 Å². The van der Waals surface area contributed by atoms with E-state index in [-0.39, 0.29) is 23.8 Å². The monoisotopic (exact) mass is 408 g/mol. The Labute approximate surface area is 161 Å². The Morgan fingerprint density at radius 2 is 1.74 bits per heavy atom. The predicted molar refractivity (Wildman–Crippen MR) is 100.0 cm³/mol. The lowest BCUT2D eigenvalue weighted by Crippen LogP contribution is -2.37. The molecule has 4 rings (SSSR count). The minimum atomic E-state index is -3.80. The van der Waals surface area contributed by atoms with Crippen molar-refractivity contribution in [1.82, 2.24) is 4.72 Å². The fourth-order valence-electron chi connectivity index (χ4n) is 3.14. The van der Waals surface area contributed by atoms with Gasteiger partial charge >= 0.3 is 0 Å². The molecule has 9 heteroatoms. The molecule has 2 aromatic carbocycles. The maximum absolute atomic E-state index is 12.7. The molecule has 1 saturated heterocycles. The molecular weight excluding hydrogens is 392 g/mol. The molecule has 2 heterocycles. The SMILES string of the molecule is O=C1C[C@@H](NS(=O)(=O)c2ccc3c(c2)OCCO3)CN1c1ccc(Cl)cc1. The highest BCUT2D eigenvalue weighted by Crippen LogP contribution is 2.32. The lowest BCUT2D eigenvalue weighted by atomic mass is 10.3. The van der Waals surface area contributed by atoms with Gasteiger partial charge in [-0.3, -0.25) is 4.79 Å². The molecule has 0 radical (unpaired) electrons. The van der Waals surface area contributed by atoms with E-state index in [9.17, 15) is 13.2 Å². The quantitative estimate of drug-likeness (QED) is 0.838. The average Bonchev–Trinajstić information content (AvgIpc) is 3.01. The second kappa shape index (κ2) is 7.03. The Balaban J connectivity index is 1.50. The first kappa shape index (κ1) is 18.1. The van der Waals surface area contributed by atoms with Crippen LogP contribution in [0.3, 0.4) is 0 Å². The molecule has 1 atom stereocenters. The lowest BCUT2D eigenvalue weighted by Gasteiger charge is -2.20. The molecule has 2 aliphatic rings. The van der Waals surface area contributed by atoms with Gasteiger partial charge < -0.3 is 14.4 Å². The third-order valence-electron chi connectivity index (χ3n) is 4.41. The zero-order valence-electron chi connectivity index (χ0n) is 14.2. The number of fused-ring (bicyclic) bond motifs is 1. The van der Waals surface area contributed by atoms with Gasteiger partial charge in [-0.2, -0.15) is 0 Å². The Hall–Kier alpha value is -2.29. The van der Waals surface area contributed by atoms with Crippen molar-refractivity contribution < 1.29 is 22.7 Å². The van der Waals surface area contributed by atoms with Crippen molar-refractivity contribution in [2.75, 3.05) is 24.7 Å². The van der Waals surface area contributed by atoms with Crippen LogP contribution in [0.15, 0.2) is 47.4 Å². The van der Waals surface area contributed by atoms with Crippen LogP contribution in [-0.4, -0.2) is 40.1 Å². The molecule has 1 N–H and O–H groups in total. The van der Waals surface area contributed by atoms with Gasteiger partial charge in [0.15, 0.2) is 11.5 Å². The standard InChI is InChI=1S/C18H17ClN2O5S/c19-12-1-3-14(4-2-12)21-11-13(9-18(21)22)20-27(23,24)15-5-6-16-17(10-15)26-8-7-25-16/h1-6,10,13,20H,7-9,11H2/t13-/m1/s1. The summed E-state index contributed by atoms with van der Waals surface area (Å²) in [6.07, 6.45) is 0.0897. The van der Waals surface area contributed by atoms with Crippen LogP contribution >= 0.6 is 11.6 Å². The minimum absolute atomic E-state index is 0.0733. The van der Waals surface area contributed by atoms with Gasteiger partial charge in [0.1, 0.15) is 13.2 Å². The molecule has 0 saturated carbocycles. The molecule has 27 heavy (non-hydrogen) atoms. The van der Waals surface area contributed by atoms with Gasteiger partial charge in [-0.25, -0.2) is 13.1 Å². The Bertz CT molecular complexity index is 978. The third kappa shape index (κ3) is 3.73. The van der Waals surface area contributed by atoms with Crippen LogP contribution in [-0.2, 0) is 14.8 Å². The highest BCUT2D eigenvalue weighted by Gasteiger charge is 2.34. The number of benzene rings is 2. The van der Waals surface area contributed by atoms with E-state index < -0.39 is 16.1 Å². The van der Waals surface area contributed by atoms with Crippen LogP contribution in [0, 0.1) is 0 Å². The fourth-order valence-corrected chi connectivity index (χ4v) is 4.50. The number of amides is 1. The first-order chi connectivity index (χ1) is 12.9. The number of rotatable bonds is 4. The highest BCUT2D eigenvalue weighted by molar-refractivity contribution is 7.89. The van der Waals surface area contributed by atoms with Gasteiger partial charge in [0.05, 0.1) is 4.90 Å². The number of carbonyl (C=O) groups is 1. The molecule has 2 aromatic rings. The Kier molecular flexibility index (Phi) is 4.71. The number of ether oxygens (including phenoxy) is 2. The number of hydrogen-bond acceptors (Lipinski definition) is 5. The number of nitrogens with one attached hydrogen (secondary N) is 1. The van der Waals surface area contributed by atoms with Gasteiger partial charge in [-0.15, -0.1) is 0 Å². The van der Waals surface area contributed by atoms with Crippen LogP contribution in [0.4, 0.5) is 5.69 Å². The maximum Gasteiger partial charge on any atom is 0.241 e. The summed E-state index contributed by atoms with van der Waals surface area (Å²) in [5, 5.41) is 0.571. The number of hydrogen-bond donors (Lipinski definition) is 1. The van der Waals surface area contributed by atoms with Crippen molar-refractivity contribution in [3.8, 4) is 11.5 Å². The lowest BCUT2D eigenvalue weighted by molar-refractivity contribution is -0.117. The van der Waals surface area contributed by atoms with Gasteiger partial charge in [0.25, 0.3) is 0 Å². The normalized spacial score (nSPS) is 19.4. The Morgan fingerprint density at radius 1 is 1.04 bits per heavy atom. The molecule has 0 spiro atoms. The molecule has 0 unspecified atom stereocenters. The topological polar surface area (TPSA) is 84.9 Å². The zero-order valence-corrected chi connectivity index (χ0v) is 15.8.